The number of thiazole rings is 1. The molecule has 0 bridgehead atoms. The summed E-state index contributed by atoms with van der Waals surface area (Å²) < 4.78 is 39.5. The van der Waals surface area contributed by atoms with Crippen LogP contribution in [0.15, 0.2) is 34.8 Å². The predicted octanol–water partition coefficient (Wildman–Crippen LogP) is 8.46. The second-order valence-electron chi connectivity index (χ2n) is 20.6. The molecule has 0 fully saturated rings. The molecule has 2 aromatic rings. The Hall–Kier alpha value is -4.28. The second-order valence-corrected chi connectivity index (χ2v) is 21.5. The number of ketones is 1. The van der Waals surface area contributed by atoms with Gasteiger partial charge in [-0.1, -0.05) is 92.4 Å². The summed E-state index contributed by atoms with van der Waals surface area (Å²) in [5, 5.41) is 21.8. The first-order valence-electron chi connectivity index (χ1n) is 28.4. The third kappa shape index (κ3) is 27.7. The topological polar surface area (TPSA) is 245 Å². The Labute approximate surface area is 470 Å². The molecule has 0 aliphatic heterocycles. The Kier molecular flexibility index (Phi) is 37.3. The van der Waals surface area contributed by atoms with Crippen LogP contribution in [0.25, 0.3) is 10.4 Å². The number of ether oxygens (including phenoxy) is 7. The summed E-state index contributed by atoms with van der Waals surface area (Å²) >= 11 is 1.35. The molecule has 0 saturated carbocycles. The van der Waals surface area contributed by atoms with Crippen molar-refractivity contribution in [2.24, 2.45) is 34.7 Å². The summed E-state index contributed by atoms with van der Waals surface area (Å²) in [4.78, 5) is 67.9. The first-order valence-corrected chi connectivity index (χ1v) is 29.3. The molecule has 0 aliphatic rings. The van der Waals surface area contributed by atoms with Gasteiger partial charge in [0.2, 0.25) is 11.8 Å². The van der Waals surface area contributed by atoms with Crippen molar-refractivity contribution >= 4 is 34.8 Å². The van der Waals surface area contributed by atoms with E-state index >= 15 is 0 Å². The van der Waals surface area contributed by atoms with Gasteiger partial charge in [-0.15, -0.1) is 11.3 Å². The average molecular weight is 1120 g/mol. The van der Waals surface area contributed by atoms with Crippen molar-refractivity contribution in [3.63, 3.8) is 0 Å². The number of phenolic OH excluding ortho intramolecular Hbond substituents is 1. The Morgan fingerprint density at radius 2 is 1.32 bits per heavy atom. The molecule has 2 rings (SSSR count). The SMILES string of the molecule is CCCO[C@H](C[C@H](C(C)C)N(CCC)C(=O)[C@@H](CC(=O)[C@@H]([C@@H](C)CC)N(C)C)[C@@H](C)CC)c1nc(C(=O)N[C@@H](Cc2ccc(O)cc2)C[C@H](C)C(=O)NCCOCCOCCOCCOCCOCCOCCN=[N+]=[N-])cs1. The van der Waals surface area contributed by atoms with Crippen LogP contribution in [-0.2, 0) is 54.0 Å². The van der Waals surface area contributed by atoms with E-state index < -0.39 is 24.0 Å². The number of benzene rings is 1. The maximum atomic E-state index is 14.9. The minimum Gasteiger partial charge on any atom is -0.508 e. The highest BCUT2D eigenvalue weighted by Crippen LogP contribution is 2.34. The van der Waals surface area contributed by atoms with E-state index in [1.54, 1.807) is 29.6 Å². The molecule has 0 spiro atoms. The van der Waals surface area contributed by atoms with E-state index in [2.05, 4.69) is 69.1 Å². The van der Waals surface area contributed by atoms with Gasteiger partial charge in [-0.25, -0.2) is 4.98 Å². The second kappa shape index (κ2) is 41.7. The quantitative estimate of drug-likeness (QED) is 0.0244. The highest BCUT2D eigenvalue weighted by molar-refractivity contribution is 7.09. The summed E-state index contributed by atoms with van der Waals surface area (Å²) in [6.45, 7) is 25.0. The summed E-state index contributed by atoms with van der Waals surface area (Å²) in [5.41, 5.74) is 9.35. The van der Waals surface area contributed by atoms with Crippen LogP contribution in [0.1, 0.15) is 134 Å². The van der Waals surface area contributed by atoms with Gasteiger partial charge in [0.25, 0.3) is 5.91 Å². The summed E-state index contributed by atoms with van der Waals surface area (Å²) in [6.07, 6.45) is 4.07. The lowest BCUT2D eigenvalue weighted by Gasteiger charge is -2.40. The number of phenols is 1. The molecule has 1 aromatic carbocycles. The number of Topliss-reactive ketones (excluding diaryl/α,β-unsaturated/α-hetero) is 1. The van der Waals surface area contributed by atoms with Crippen LogP contribution in [0.4, 0.5) is 0 Å². The van der Waals surface area contributed by atoms with Crippen molar-refractivity contribution in [3.05, 3.63) is 56.4 Å². The number of nitrogens with zero attached hydrogens (tertiary/aromatic N) is 6. The summed E-state index contributed by atoms with van der Waals surface area (Å²) in [6, 6.07) is 5.85. The molecule has 78 heavy (non-hydrogen) atoms. The molecule has 20 nitrogen and oxygen atoms in total. The zero-order chi connectivity index (χ0) is 57.7. The first-order chi connectivity index (χ1) is 37.5. The van der Waals surface area contributed by atoms with Gasteiger partial charge in [-0.2, -0.15) is 0 Å². The van der Waals surface area contributed by atoms with Crippen molar-refractivity contribution in [2.75, 3.05) is 120 Å². The van der Waals surface area contributed by atoms with Crippen LogP contribution in [0, 0.1) is 29.6 Å². The first kappa shape index (κ1) is 69.8. The highest BCUT2D eigenvalue weighted by Gasteiger charge is 2.39. The van der Waals surface area contributed by atoms with Crippen molar-refractivity contribution in [1.82, 2.24) is 25.4 Å². The van der Waals surface area contributed by atoms with E-state index in [1.807, 2.05) is 37.7 Å². The zero-order valence-electron chi connectivity index (χ0n) is 49.1. The van der Waals surface area contributed by atoms with Crippen molar-refractivity contribution in [2.45, 2.75) is 138 Å². The molecule has 21 heteroatoms. The molecular weight excluding hydrogens is 1020 g/mol. The molecule has 444 valence electrons. The van der Waals surface area contributed by atoms with Gasteiger partial charge >= 0.3 is 0 Å². The van der Waals surface area contributed by atoms with Crippen LogP contribution in [-0.4, -0.2) is 181 Å². The number of azide groups is 1. The van der Waals surface area contributed by atoms with E-state index in [9.17, 15) is 24.3 Å². The number of rotatable bonds is 47. The van der Waals surface area contributed by atoms with Gasteiger partial charge in [0.1, 0.15) is 22.6 Å². The fourth-order valence-electron chi connectivity index (χ4n) is 9.08. The van der Waals surface area contributed by atoms with Crippen molar-refractivity contribution < 1.29 is 57.4 Å². The Morgan fingerprint density at radius 3 is 1.83 bits per heavy atom. The fraction of sp³-hybridized carbons (Fsp3) is 0.772. The predicted molar refractivity (Wildman–Crippen MR) is 305 cm³/mol. The van der Waals surface area contributed by atoms with Crippen LogP contribution in [0.2, 0.25) is 0 Å². The van der Waals surface area contributed by atoms with E-state index in [4.69, 9.17) is 43.7 Å². The number of amides is 3. The number of likely N-dealkylation sites (N-methyl/N-ethyl adjacent to an activating group) is 1. The van der Waals surface area contributed by atoms with Crippen LogP contribution in [0.3, 0.4) is 0 Å². The molecule has 1 aromatic heterocycles. The molecule has 0 radical (unpaired) electrons. The summed E-state index contributed by atoms with van der Waals surface area (Å²) in [5.74, 6) is -1.02. The number of hydrogen-bond acceptors (Lipinski definition) is 16. The lowest BCUT2D eigenvalue weighted by atomic mass is 9.81. The van der Waals surface area contributed by atoms with Gasteiger partial charge in [0, 0.05) is 73.3 Å². The third-order valence-corrected chi connectivity index (χ3v) is 14.6. The summed E-state index contributed by atoms with van der Waals surface area (Å²) in [7, 11) is 3.88. The number of aromatic hydroxyl groups is 1. The minimum atomic E-state index is -0.493. The van der Waals surface area contributed by atoms with Crippen molar-refractivity contribution in [3.8, 4) is 5.75 Å². The molecule has 3 N–H and O–H groups in total. The maximum Gasteiger partial charge on any atom is 0.270 e. The van der Waals surface area contributed by atoms with Gasteiger partial charge in [-0.05, 0) is 80.8 Å². The van der Waals surface area contributed by atoms with Gasteiger partial charge in [0.15, 0.2) is 5.78 Å². The Bertz CT molecular complexity index is 1990. The number of carbonyl (C=O) groups is 4. The van der Waals surface area contributed by atoms with Gasteiger partial charge in [-0.3, -0.25) is 24.1 Å². The molecule has 0 unspecified atom stereocenters. The lowest BCUT2D eigenvalue weighted by Crippen LogP contribution is -2.50. The average Bonchev–Trinajstić information content (AvgIpc) is 3.93. The van der Waals surface area contributed by atoms with E-state index in [1.165, 1.54) is 11.3 Å². The molecule has 8 atom stereocenters. The molecule has 1 heterocycles. The Balaban J connectivity index is 2.02. The van der Waals surface area contributed by atoms with Gasteiger partial charge < -0.3 is 53.8 Å². The monoisotopic (exact) mass is 1120 g/mol. The standard InChI is InChI=1S/C57H98N8O12S/c1-12-22-65(57(70)48(42(7)14-3)38-51(67)53(64(10)11)43(8)15-4)50(41(5)6)39-52(77-23-13-2)56-62-49(40-78-56)55(69)61-46(37-45-16-18-47(66)19-17-45)36-44(9)54(68)59-20-24-71-26-28-73-30-32-75-34-35-76-33-31-74-29-27-72-25-21-60-63-58/h16-19,40-44,46,48,50,52-53,66H,12-15,20-39H2,1-11H3,(H,59,68)(H,61,69)/t42-,43-,44-,46+,48-,50+,52+,53+/m0/s1. The van der Waals surface area contributed by atoms with Crippen LogP contribution >= 0.6 is 11.3 Å². The maximum absolute atomic E-state index is 14.9. The highest BCUT2D eigenvalue weighted by atomic mass is 32.1. The smallest absolute Gasteiger partial charge is 0.270 e. The Morgan fingerprint density at radius 1 is 0.756 bits per heavy atom. The van der Waals surface area contributed by atoms with E-state index in [0.29, 0.717) is 130 Å². The lowest BCUT2D eigenvalue weighted by molar-refractivity contribution is -0.145. The minimum absolute atomic E-state index is 0.00360. The van der Waals surface area contributed by atoms with Crippen LogP contribution < -0.4 is 10.6 Å². The number of nitrogens with one attached hydrogen (secondary N) is 2. The number of aromatic nitrogens is 1. The van der Waals surface area contributed by atoms with Crippen molar-refractivity contribution in [1.29, 1.82) is 0 Å². The van der Waals surface area contributed by atoms with Crippen LogP contribution in [0.5, 0.6) is 5.75 Å². The molecule has 0 saturated heterocycles. The number of hydrogen-bond donors (Lipinski definition) is 3. The van der Waals surface area contributed by atoms with Gasteiger partial charge in [0.05, 0.1) is 85.3 Å². The third-order valence-electron chi connectivity index (χ3n) is 13.7. The fourth-order valence-corrected chi connectivity index (χ4v) is 9.94. The van der Waals surface area contributed by atoms with E-state index in [-0.39, 0.29) is 71.2 Å². The zero-order valence-corrected chi connectivity index (χ0v) is 49.9. The molecule has 3 amide bonds. The number of carbonyl (C=O) groups excluding carboxylic acids is 4. The molecule has 0 aliphatic carbocycles. The normalized spacial score (nSPS) is 14.7. The largest absolute Gasteiger partial charge is 0.508 e. The van der Waals surface area contributed by atoms with E-state index in [0.717, 1.165) is 31.2 Å². The molecular formula is C57H98N8O12S.